The Morgan fingerprint density at radius 3 is 2.50 bits per heavy atom. The smallest absolute Gasteiger partial charge is 0.241 e. The van der Waals surface area contributed by atoms with Gasteiger partial charge in [0.15, 0.2) is 0 Å². The van der Waals surface area contributed by atoms with Crippen molar-refractivity contribution >= 4 is 15.7 Å². The second-order valence-corrected chi connectivity index (χ2v) is 6.28. The van der Waals surface area contributed by atoms with E-state index in [4.69, 9.17) is 5.14 Å². The van der Waals surface area contributed by atoms with Crippen LogP contribution in [0.3, 0.4) is 0 Å². The first-order chi connectivity index (χ1) is 8.57. The summed E-state index contributed by atoms with van der Waals surface area (Å²) in [6.45, 7) is 0. The highest BCUT2D eigenvalue weighted by Gasteiger charge is 2.18. The number of sulfonamides is 1. The van der Waals surface area contributed by atoms with Gasteiger partial charge in [-0.25, -0.2) is 13.6 Å². The molecule has 0 saturated heterocycles. The molecule has 1 saturated carbocycles. The molecule has 5 nitrogen and oxygen atoms in total. The third-order valence-electron chi connectivity index (χ3n) is 3.31. The minimum atomic E-state index is -3.72. The number of primary sulfonamides is 1. The van der Waals surface area contributed by atoms with E-state index >= 15 is 0 Å². The van der Waals surface area contributed by atoms with Gasteiger partial charge in [0.05, 0.1) is 5.69 Å². The van der Waals surface area contributed by atoms with Crippen molar-refractivity contribution in [3.63, 3.8) is 0 Å². The lowest BCUT2D eigenvalue weighted by atomic mass is 10.1. The summed E-state index contributed by atoms with van der Waals surface area (Å²) in [4.78, 5) is 3.90. The Balaban J connectivity index is 2.18. The molecule has 1 aliphatic carbocycles. The summed E-state index contributed by atoms with van der Waals surface area (Å²) >= 11 is 0. The zero-order valence-electron chi connectivity index (χ0n) is 10.3. The summed E-state index contributed by atoms with van der Waals surface area (Å²) in [6.07, 6.45) is 9.93. The van der Waals surface area contributed by atoms with Gasteiger partial charge in [0, 0.05) is 18.4 Å². The van der Waals surface area contributed by atoms with Crippen LogP contribution in [0.2, 0.25) is 0 Å². The largest absolute Gasteiger partial charge is 0.381 e. The van der Waals surface area contributed by atoms with Crippen molar-refractivity contribution in [1.82, 2.24) is 4.98 Å². The van der Waals surface area contributed by atoms with Crippen molar-refractivity contribution < 1.29 is 8.42 Å². The minimum Gasteiger partial charge on any atom is -0.381 e. The molecule has 1 aromatic rings. The van der Waals surface area contributed by atoms with Crippen molar-refractivity contribution in [2.24, 2.45) is 5.14 Å². The predicted octanol–water partition coefficient (Wildman–Crippen LogP) is 1.86. The van der Waals surface area contributed by atoms with Crippen molar-refractivity contribution in [1.29, 1.82) is 0 Å². The summed E-state index contributed by atoms with van der Waals surface area (Å²) in [5, 5.41) is 8.48. The van der Waals surface area contributed by atoms with Gasteiger partial charge in [-0.15, -0.1) is 0 Å². The van der Waals surface area contributed by atoms with Crippen molar-refractivity contribution in [3.05, 3.63) is 18.5 Å². The van der Waals surface area contributed by atoms with E-state index in [9.17, 15) is 8.42 Å². The van der Waals surface area contributed by atoms with Gasteiger partial charge < -0.3 is 5.32 Å². The molecule has 0 aromatic carbocycles. The van der Waals surface area contributed by atoms with Gasteiger partial charge in [0.1, 0.15) is 4.90 Å². The Morgan fingerprint density at radius 1 is 1.22 bits per heavy atom. The zero-order chi connectivity index (χ0) is 13.0. The van der Waals surface area contributed by atoms with Crippen LogP contribution in [0, 0.1) is 0 Å². The summed E-state index contributed by atoms with van der Waals surface area (Å²) in [5.41, 5.74) is 0.569. The molecule has 1 heterocycles. The Bertz CT molecular complexity index is 494. The fourth-order valence-corrected chi connectivity index (χ4v) is 3.01. The molecule has 3 N–H and O–H groups in total. The van der Waals surface area contributed by atoms with E-state index in [1.165, 1.54) is 31.9 Å². The Hall–Kier alpha value is -1.14. The van der Waals surface area contributed by atoms with Crippen LogP contribution in [0.15, 0.2) is 23.4 Å². The van der Waals surface area contributed by atoms with Crippen molar-refractivity contribution in [3.8, 4) is 0 Å². The van der Waals surface area contributed by atoms with Crippen molar-refractivity contribution in [2.75, 3.05) is 5.32 Å². The molecule has 2 rings (SSSR count). The third kappa shape index (κ3) is 3.43. The van der Waals surface area contributed by atoms with Gasteiger partial charge in [-0.1, -0.05) is 25.7 Å². The number of nitrogens with zero attached hydrogens (tertiary/aromatic N) is 1. The predicted molar refractivity (Wildman–Crippen MR) is 70.7 cm³/mol. The van der Waals surface area contributed by atoms with Crippen LogP contribution in [0.1, 0.15) is 38.5 Å². The van der Waals surface area contributed by atoms with Crippen LogP contribution in [0.4, 0.5) is 5.69 Å². The number of nitrogens with one attached hydrogen (secondary N) is 1. The first kappa shape index (κ1) is 13.3. The molecule has 0 bridgehead atoms. The molecule has 0 atom stereocenters. The molecule has 1 aromatic heterocycles. The summed E-state index contributed by atoms with van der Waals surface area (Å²) in [7, 11) is -3.72. The molecular formula is C12H19N3O2S. The van der Waals surface area contributed by atoms with E-state index < -0.39 is 10.0 Å². The van der Waals surface area contributed by atoms with E-state index in [0.717, 1.165) is 12.8 Å². The molecule has 18 heavy (non-hydrogen) atoms. The van der Waals surface area contributed by atoms with Gasteiger partial charge >= 0.3 is 0 Å². The maximum absolute atomic E-state index is 11.5. The number of aromatic nitrogens is 1. The average molecular weight is 269 g/mol. The van der Waals surface area contributed by atoms with Crippen LogP contribution in [0.25, 0.3) is 0 Å². The first-order valence-corrected chi connectivity index (χ1v) is 7.85. The summed E-state index contributed by atoms with van der Waals surface area (Å²) in [5.74, 6) is 0. The standard InChI is InChI=1S/C12H19N3O2S/c13-18(16,17)12-9-14-8-7-11(12)15-10-5-3-1-2-4-6-10/h7-10H,1-6H2,(H,14,15)(H2,13,16,17). The lowest BCUT2D eigenvalue weighted by Gasteiger charge is -2.19. The van der Waals surface area contributed by atoms with E-state index in [1.807, 2.05) is 0 Å². The fourth-order valence-electron chi connectivity index (χ4n) is 2.37. The lowest BCUT2D eigenvalue weighted by Crippen LogP contribution is -2.22. The monoisotopic (exact) mass is 269 g/mol. The normalized spacial score (nSPS) is 18.3. The molecule has 0 aliphatic heterocycles. The lowest BCUT2D eigenvalue weighted by molar-refractivity contribution is 0.595. The topological polar surface area (TPSA) is 85.1 Å². The molecule has 1 fully saturated rings. The summed E-state index contributed by atoms with van der Waals surface area (Å²) in [6, 6.07) is 2.00. The van der Waals surface area contributed by atoms with Gasteiger partial charge in [0.2, 0.25) is 10.0 Å². The number of nitrogens with two attached hydrogens (primary N) is 1. The molecule has 0 amide bonds. The third-order valence-corrected chi connectivity index (χ3v) is 4.24. The number of hydrogen-bond acceptors (Lipinski definition) is 4. The quantitative estimate of drug-likeness (QED) is 0.820. The van der Waals surface area contributed by atoms with Gasteiger partial charge in [-0.2, -0.15) is 0 Å². The van der Waals surface area contributed by atoms with Crippen LogP contribution in [-0.2, 0) is 10.0 Å². The average Bonchev–Trinajstić information content (AvgIpc) is 2.57. The SMILES string of the molecule is NS(=O)(=O)c1cnccc1NC1CCCCCC1. The van der Waals surface area contributed by atoms with E-state index in [2.05, 4.69) is 10.3 Å². The number of hydrogen-bond donors (Lipinski definition) is 2. The highest BCUT2D eigenvalue weighted by atomic mass is 32.2. The number of pyridine rings is 1. The molecule has 0 spiro atoms. The van der Waals surface area contributed by atoms with Crippen LogP contribution >= 0.6 is 0 Å². The molecule has 0 unspecified atom stereocenters. The first-order valence-electron chi connectivity index (χ1n) is 6.31. The Kier molecular flexibility index (Phi) is 4.19. The molecule has 0 radical (unpaired) electrons. The van der Waals surface area contributed by atoms with E-state index in [0.29, 0.717) is 11.7 Å². The number of anilines is 1. The minimum absolute atomic E-state index is 0.0780. The van der Waals surface area contributed by atoms with Gasteiger partial charge in [-0.05, 0) is 18.9 Å². The molecule has 6 heteroatoms. The number of rotatable bonds is 3. The van der Waals surface area contributed by atoms with Gasteiger partial charge in [-0.3, -0.25) is 4.98 Å². The fraction of sp³-hybridized carbons (Fsp3) is 0.583. The molecular weight excluding hydrogens is 250 g/mol. The molecule has 100 valence electrons. The van der Waals surface area contributed by atoms with Crippen LogP contribution < -0.4 is 10.5 Å². The van der Waals surface area contributed by atoms with Crippen molar-refractivity contribution in [2.45, 2.75) is 49.5 Å². The van der Waals surface area contributed by atoms with Gasteiger partial charge in [0.25, 0.3) is 0 Å². The Morgan fingerprint density at radius 2 is 1.89 bits per heavy atom. The van der Waals surface area contributed by atoms with E-state index in [-0.39, 0.29) is 4.90 Å². The zero-order valence-corrected chi connectivity index (χ0v) is 11.1. The second kappa shape index (κ2) is 5.67. The maximum atomic E-state index is 11.5. The summed E-state index contributed by atoms with van der Waals surface area (Å²) < 4.78 is 22.9. The highest BCUT2D eigenvalue weighted by molar-refractivity contribution is 7.89. The van der Waals surface area contributed by atoms with E-state index in [1.54, 1.807) is 12.3 Å². The van der Waals surface area contributed by atoms with Crippen LogP contribution in [0.5, 0.6) is 0 Å². The second-order valence-electron chi connectivity index (χ2n) is 4.75. The molecule has 1 aliphatic rings. The Labute approximate surface area is 108 Å². The highest BCUT2D eigenvalue weighted by Crippen LogP contribution is 2.24. The maximum Gasteiger partial charge on any atom is 0.241 e. The van der Waals surface area contributed by atoms with Crippen LogP contribution in [-0.4, -0.2) is 19.4 Å².